The van der Waals surface area contributed by atoms with Gasteiger partial charge in [0.1, 0.15) is 16.7 Å². The molecule has 2 aliphatic heterocycles. The maximum atomic E-state index is 7.39. The Hall–Kier alpha value is -9.20. The van der Waals surface area contributed by atoms with Gasteiger partial charge in [-0.3, -0.25) is 0 Å². The van der Waals surface area contributed by atoms with Crippen molar-refractivity contribution in [3.8, 4) is 5.69 Å². The highest BCUT2D eigenvalue weighted by Gasteiger charge is 2.44. The van der Waals surface area contributed by atoms with E-state index in [2.05, 4.69) is 329 Å². The van der Waals surface area contributed by atoms with Crippen molar-refractivity contribution in [2.45, 2.75) is 131 Å². The third-order valence-corrected chi connectivity index (χ3v) is 19.2. The van der Waals surface area contributed by atoms with E-state index in [-0.39, 0.29) is 33.8 Å². The number of benzene rings is 10. The first-order valence-corrected chi connectivity index (χ1v) is 31.8. The molecule has 0 bridgehead atoms. The third kappa shape index (κ3) is 9.12. The Labute approximate surface area is 525 Å². The number of aromatic nitrogens is 1. The minimum absolute atomic E-state index is 0.0131. The van der Waals surface area contributed by atoms with Gasteiger partial charge in [0, 0.05) is 67.0 Å². The molecule has 0 saturated carbocycles. The van der Waals surface area contributed by atoms with Crippen LogP contribution in [0.4, 0.5) is 51.2 Å². The molecule has 2 aliphatic rings. The van der Waals surface area contributed by atoms with Gasteiger partial charge in [0.15, 0.2) is 11.2 Å². The van der Waals surface area contributed by atoms with Crippen LogP contribution in [0.5, 0.6) is 0 Å². The molecule has 3 aromatic heterocycles. The summed E-state index contributed by atoms with van der Waals surface area (Å²) in [5.41, 5.74) is 26.2. The summed E-state index contributed by atoms with van der Waals surface area (Å²) >= 11 is 0. The molecule has 7 heteroatoms. The summed E-state index contributed by atoms with van der Waals surface area (Å²) in [6, 6.07) is 78.1. The lowest BCUT2D eigenvalue weighted by atomic mass is 9.33. The lowest BCUT2D eigenvalue weighted by Gasteiger charge is -2.42. The van der Waals surface area contributed by atoms with Gasteiger partial charge in [0.2, 0.25) is 0 Å². The van der Waals surface area contributed by atoms with Gasteiger partial charge in [0.05, 0.1) is 16.9 Å². The summed E-state index contributed by atoms with van der Waals surface area (Å²) in [5.74, 6) is 0. The minimum atomic E-state index is -0.170. The molecule has 0 aliphatic carbocycles. The highest BCUT2D eigenvalue weighted by Crippen LogP contribution is 2.51. The maximum Gasteiger partial charge on any atom is 0.252 e. The predicted molar refractivity (Wildman–Crippen MR) is 380 cm³/mol. The van der Waals surface area contributed by atoms with Crippen molar-refractivity contribution < 1.29 is 8.83 Å². The summed E-state index contributed by atoms with van der Waals surface area (Å²) in [5, 5.41) is 4.36. The fraction of sp³-hybridized carbons (Fsp3) is 0.244. The van der Waals surface area contributed by atoms with Crippen molar-refractivity contribution in [1.82, 2.24) is 4.57 Å². The van der Waals surface area contributed by atoms with Crippen LogP contribution < -0.4 is 31.1 Å². The number of furan rings is 2. The average molecular weight is 1160 g/mol. The van der Waals surface area contributed by atoms with Crippen LogP contribution in [0.3, 0.4) is 0 Å². The molecule has 442 valence electrons. The van der Waals surface area contributed by atoms with Crippen LogP contribution in [0, 0.1) is 0 Å². The molecule has 0 amide bonds. The first-order valence-electron chi connectivity index (χ1n) is 31.8. The lowest BCUT2D eigenvalue weighted by Crippen LogP contribution is -2.60. The molecular weight excluding hydrogens is 1080 g/mol. The number of hydrogen-bond donors (Lipinski definition) is 0. The highest BCUT2D eigenvalue weighted by atomic mass is 16.3. The normalized spacial score (nSPS) is 13.5. The second kappa shape index (κ2) is 19.7. The van der Waals surface area contributed by atoms with E-state index in [1.54, 1.807) is 0 Å². The van der Waals surface area contributed by atoms with Crippen molar-refractivity contribution in [2.24, 2.45) is 0 Å². The van der Waals surface area contributed by atoms with Crippen molar-refractivity contribution >= 4 is 129 Å². The summed E-state index contributed by atoms with van der Waals surface area (Å²) in [6.45, 7) is 34.1. The predicted octanol–water partition coefficient (Wildman–Crippen LogP) is 21.5. The van der Waals surface area contributed by atoms with Crippen LogP contribution in [0.15, 0.2) is 215 Å². The molecule has 0 atom stereocenters. The van der Waals surface area contributed by atoms with Crippen LogP contribution in [0.25, 0.3) is 60.6 Å². The van der Waals surface area contributed by atoms with E-state index in [1.165, 1.54) is 49.7 Å². The van der Waals surface area contributed by atoms with Crippen LogP contribution in [-0.4, -0.2) is 11.3 Å². The van der Waals surface area contributed by atoms with Crippen molar-refractivity contribution in [1.29, 1.82) is 0 Å². The molecule has 0 fully saturated rings. The number of anilines is 9. The van der Waals surface area contributed by atoms with E-state index in [0.717, 1.165) is 106 Å². The van der Waals surface area contributed by atoms with E-state index in [9.17, 15) is 0 Å². The molecule has 0 spiro atoms. The fourth-order valence-corrected chi connectivity index (χ4v) is 14.2. The van der Waals surface area contributed by atoms with E-state index >= 15 is 0 Å². The van der Waals surface area contributed by atoms with Crippen molar-refractivity contribution in [3.05, 3.63) is 234 Å². The Morgan fingerprint density at radius 3 is 1.30 bits per heavy atom. The number of fused-ring (bicyclic) bond motifs is 12. The van der Waals surface area contributed by atoms with E-state index < -0.39 is 0 Å². The van der Waals surface area contributed by atoms with Gasteiger partial charge in [0.25, 0.3) is 6.71 Å². The lowest BCUT2D eigenvalue weighted by molar-refractivity contribution is 0.587. The summed E-state index contributed by atoms with van der Waals surface area (Å²) in [4.78, 5) is 7.47. The average Bonchev–Trinajstić information content (AvgIpc) is 1.63. The molecule has 13 aromatic rings. The second-order valence-corrected chi connectivity index (χ2v) is 30.3. The number of rotatable bonds is 7. The Morgan fingerprint density at radius 1 is 0.303 bits per heavy atom. The first-order chi connectivity index (χ1) is 42.3. The smallest absolute Gasteiger partial charge is 0.252 e. The Balaban J connectivity index is 1.08. The van der Waals surface area contributed by atoms with Gasteiger partial charge in [-0.2, -0.15) is 0 Å². The first kappa shape index (κ1) is 56.3. The van der Waals surface area contributed by atoms with Gasteiger partial charge >= 0.3 is 0 Å². The third-order valence-electron chi connectivity index (χ3n) is 19.2. The zero-order valence-electron chi connectivity index (χ0n) is 54.3. The van der Waals surface area contributed by atoms with E-state index in [4.69, 9.17) is 8.83 Å². The monoisotopic (exact) mass is 1160 g/mol. The fourth-order valence-electron chi connectivity index (χ4n) is 14.2. The molecule has 0 saturated heterocycles. The second-order valence-electron chi connectivity index (χ2n) is 30.3. The van der Waals surface area contributed by atoms with E-state index in [0.29, 0.717) is 0 Å². The number of para-hydroxylation sites is 3. The van der Waals surface area contributed by atoms with Crippen LogP contribution in [0.2, 0.25) is 0 Å². The van der Waals surface area contributed by atoms with Gasteiger partial charge in [-0.25, -0.2) is 0 Å². The molecule has 89 heavy (non-hydrogen) atoms. The van der Waals surface area contributed by atoms with Crippen LogP contribution in [-0.2, 0) is 27.1 Å². The van der Waals surface area contributed by atoms with Crippen LogP contribution >= 0.6 is 0 Å². The van der Waals surface area contributed by atoms with Gasteiger partial charge in [-0.15, -0.1) is 0 Å². The standard InChI is InChI=1S/C82H79BN4O2/c1-78(2,3)50-26-35-55(36-27-50)84(56-37-28-51(29-38-56)79(4,5)6)59-43-45-65-68(47-59)86(67-24-19-21-62-61-44-34-54(82(13,14)15)46-72(61)89-76(62)67)69-48-60(85(57-39-30-52(31-40-57)80(7,8)9)58-41-32-53(33-42-58)81(10,11)12)49-70-73(69)83(65)66-23-18-22-64-74(66)87(70)75-63-20-16-17-25-71(63)88-77(64)75/h16-49H,1-15H3. The summed E-state index contributed by atoms with van der Waals surface area (Å²) in [6.07, 6.45) is 0. The Morgan fingerprint density at radius 2 is 0.753 bits per heavy atom. The highest BCUT2D eigenvalue weighted by molar-refractivity contribution is 7.00. The number of nitrogens with zero attached hydrogens (tertiary/aromatic N) is 4. The maximum absolute atomic E-state index is 7.39. The molecule has 15 rings (SSSR count). The number of hydrogen-bond acceptors (Lipinski definition) is 5. The molecule has 10 aromatic carbocycles. The summed E-state index contributed by atoms with van der Waals surface area (Å²) < 4.78 is 17.0. The quantitative estimate of drug-likeness (QED) is 0.149. The van der Waals surface area contributed by atoms with Crippen molar-refractivity contribution in [3.63, 3.8) is 0 Å². The van der Waals surface area contributed by atoms with Gasteiger partial charge < -0.3 is 28.1 Å². The van der Waals surface area contributed by atoms with Crippen LogP contribution in [0.1, 0.15) is 132 Å². The molecule has 0 N–H and O–H groups in total. The molecule has 0 unspecified atom stereocenters. The van der Waals surface area contributed by atoms with Gasteiger partial charge in [-0.05, 0) is 174 Å². The zero-order chi connectivity index (χ0) is 62.0. The minimum Gasteiger partial charge on any atom is -0.454 e. The summed E-state index contributed by atoms with van der Waals surface area (Å²) in [7, 11) is 0. The molecule has 6 nitrogen and oxygen atoms in total. The molecule has 0 radical (unpaired) electrons. The Kier molecular flexibility index (Phi) is 12.4. The van der Waals surface area contributed by atoms with Crippen molar-refractivity contribution in [2.75, 3.05) is 14.7 Å². The molecular formula is C82H79BN4O2. The Bertz CT molecular complexity index is 4850. The topological polar surface area (TPSA) is 40.9 Å². The zero-order valence-corrected chi connectivity index (χ0v) is 54.3. The van der Waals surface area contributed by atoms with Gasteiger partial charge in [-0.1, -0.05) is 207 Å². The molecule has 5 heterocycles. The SMILES string of the molecule is CC(C)(C)c1ccc(N(c2ccc(C(C)(C)C)cc2)c2ccc3c(c2)N(c2cccc4c2oc2cc(C(C)(C)C)ccc24)c2cc(N(c4ccc(C(C)(C)C)cc4)c4ccc(C(C)(C)C)cc4)cc4c2B3c2cccc3c5oc6ccccc6c5n-4c23)cc1. The van der Waals surface area contributed by atoms with E-state index in [1.807, 2.05) is 0 Å². The largest absolute Gasteiger partial charge is 0.454 e.